The number of nitrogens with one attached hydrogen (secondary N) is 2. The highest BCUT2D eigenvalue weighted by atomic mass is 35.5. The van der Waals surface area contributed by atoms with Crippen LogP contribution in [0.15, 0.2) is 48.5 Å². The number of carbonyl (C=O) groups is 1. The number of para-hydroxylation sites is 1. The maximum atomic E-state index is 12.1. The Balaban J connectivity index is 1.75. The summed E-state index contributed by atoms with van der Waals surface area (Å²) in [5.41, 5.74) is 2.11. The van der Waals surface area contributed by atoms with E-state index in [2.05, 4.69) is 20.7 Å². The number of aromatic nitrogens is 3. The van der Waals surface area contributed by atoms with Crippen molar-refractivity contribution in [2.75, 3.05) is 17.7 Å². The highest BCUT2D eigenvalue weighted by Crippen LogP contribution is 2.41. The highest BCUT2D eigenvalue weighted by molar-refractivity contribution is 6.30. The topological polar surface area (TPSA) is 81.1 Å². The van der Waals surface area contributed by atoms with Crippen LogP contribution in [0.4, 0.5) is 11.9 Å². The van der Waals surface area contributed by atoms with Gasteiger partial charge in [-0.1, -0.05) is 55.8 Å². The first-order valence-corrected chi connectivity index (χ1v) is 10.3. The molecule has 2 aromatic carbocycles. The molecule has 0 saturated carbocycles. The molecule has 156 valence electrons. The van der Waals surface area contributed by atoms with Crippen LogP contribution in [-0.4, -0.2) is 27.8 Å². The molecule has 2 atom stereocenters. The van der Waals surface area contributed by atoms with Gasteiger partial charge in [0.05, 0.1) is 19.2 Å². The average Bonchev–Trinajstić information content (AvgIpc) is 3.15. The van der Waals surface area contributed by atoms with Gasteiger partial charge in [0.15, 0.2) is 0 Å². The van der Waals surface area contributed by atoms with Crippen LogP contribution in [0.25, 0.3) is 0 Å². The van der Waals surface area contributed by atoms with E-state index in [0.29, 0.717) is 11.0 Å². The van der Waals surface area contributed by atoms with Gasteiger partial charge in [-0.25, -0.2) is 4.68 Å². The van der Waals surface area contributed by atoms with Crippen molar-refractivity contribution in [1.82, 2.24) is 14.8 Å². The molecule has 0 fully saturated rings. The molecule has 0 bridgehead atoms. The zero-order chi connectivity index (χ0) is 21.3. The van der Waals surface area contributed by atoms with Crippen molar-refractivity contribution in [1.29, 1.82) is 0 Å². The minimum atomic E-state index is -0.162. The number of rotatable bonds is 5. The van der Waals surface area contributed by atoms with Crippen LogP contribution in [0.2, 0.25) is 5.02 Å². The summed E-state index contributed by atoms with van der Waals surface area (Å²) in [5.74, 6) is 1.38. The van der Waals surface area contributed by atoms with Crippen LogP contribution in [0, 0.1) is 5.92 Å². The summed E-state index contributed by atoms with van der Waals surface area (Å²) < 4.78 is 7.42. The summed E-state index contributed by atoms with van der Waals surface area (Å²) in [7, 11) is 1.66. The van der Waals surface area contributed by atoms with Crippen molar-refractivity contribution in [3.05, 3.63) is 64.7 Å². The largest absolute Gasteiger partial charge is 0.496 e. The predicted octanol–water partition coefficient (Wildman–Crippen LogP) is 4.68. The van der Waals surface area contributed by atoms with Crippen molar-refractivity contribution in [3.63, 3.8) is 0 Å². The van der Waals surface area contributed by atoms with Gasteiger partial charge in [0, 0.05) is 16.5 Å². The molecule has 0 saturated heterocycles. The normalized spacial score (nSPS) is 17.9. The van der Waals surface area contributed by atoms with Gasteiger partial charge in [0.25, 0.3) is 5.95 Å². The number of nitrogens with zero attached hydrogens (tertiary/aromatic N) is 3. The minimum absolute atomic E-state index is 0.00234. The third-order valence-electron chi connectivity index (χ3n) is 5.22. The highest BCUT2D eigenvalue weighted by Gasteiger charge is 2.33. The first kappa shape index (κ1) is 20.2. The molecular weight excluding hydrogens is 402 g/mol. The van der Waals surface area contributed by atoms with E-state index in [9.17, 15) is 4.79 Å². The van der Waals surface area contributed by atoms with Gasteiger partial charge < -0.3 is 10.1 Å². The summed E-state index contributed by atoms with van der Waals surface area (Å²) in [5, 5.41) is 11.5. The lowest BCUT2D eigenvalue weighted by atomic mass is 9.93. The molecule has 2 N–H and O–H groups in total. The van der Waals surface area contributed by atoms with Gasteiger partial charge in [-0.2, -0.15) is 4.98 Å². The van der Waals surface area contributed by atoms with Gasteiger partial charge in [0.2, 0.25) is 11.9 Å². The summed E-state index contributed by atoms with van der Waals surface area (Å²) in [4.78, 5) is 16.7. The van der Waals surface area contributed by atoms with Crippen LogP contribution in [0.3, 0.4) is 0 Å². The second-order valence-corrected chi connectivity index (χ2v) is 8.03. The molecule has 3 aromatic rings. The lowest BCUT2D eigenvalue weighted by molar-refractivity contribution is -0.118. The second kappa shape index (κ2) is 8.36. The maximum Gasteiger partial charge on any atom is 0.250 e. The molecule has 1 aliphatic rings. The van der Waals surface area contributed by atoms with E-state index in [-0.39, 0.29) is 29.9 Å². The van der Waals surface area contributed by atoms with E-state index < -0.39 is 0 Å². The van der Waals surface area contributed by atoms with Gasteiger partial charge in [-0.05, 0) is 30.2 Å². The first-order chi connectivity index (χ1) is 14.5. The summed E-state index contributed by atoms with van der Waals surface area (Å²) in [6.07, 6.45) is 0.732. The number of fused-ring (bicyclic) bond motifs is 1. The number of anilines is 2. The number of methoxy groups -OCH3 is 1. The molecule has 1 amide bonds. The van der Waals surface area contributed by atoms with Crippen LogP contribution < -0.4 is 15.4 Å². The molecule has 0 aliphatic carbocycles. The van der Waals surface area contributed by atoms with Crippen LogP contribution in [0.1, 0.15) is 43.5 Å². The number of carbonyl (C=O) groups excluding carboxylic acids is 1. The second-order valence-electron chi connectivity index (χ2n) is 7.59. The van der Waals surface area contributed by atoms with Crippen LogP contribution in [0.5, 0.6) is 5.75 Å². The Bertz CT molecular complexity index is 1050. The summed E-state index contributed by atoms with van der Waals surface area (Å²) in [6, 6.07) is 15.6. The van der Waals surface area contributed by atoms with Crippen molar-refractivity contribution in [2.24, 2.45) is 5.92 Å². The van der Waals surface area contributed by atoms with E-state index in [0.717, 1.165) is 23.3 Å². The number of amides is 1. The Hall–Kier alpha value is -3.06. The minimum Gasteiger partial charge on any atom is -0.496 e. The number of ether oxygens (including phenoxy) is 1. The fourth-order valence-corrected chi connectivity index (χ4v) is 3.73. The lowest BCUT2D eigenvalue weighted by Crippen LogP contribution is -2.28. The summed E-state index contributed by atoms with van der Waals surface area (Å²) >= 11 is 6.07. The molecule has 0 spiro atoms. The molecule has 1 aliphatic heterocycles. The van der Waals surface area contributed by atoms with Gasteiger partial charge in [-0.3, -0.25) is 10.1 Å². The predicted molar refractivity (Wildman–Crippen MR) is 117 cm³/mol. The number of hydrogen-bond donors (Lipinski definition) is 2. The number of halogens is 1. The van der Waals surface area contributed by atoms with E-state index >= 15 is 0 Å². The molecule has 0 unspecified atom stereocenters. The Morgan fingerprint density at radius 1 is 1.23 bits per heavy atom. The molecule has 0 radical (unpaired) electrons. The smallest absolute Gasteiger partial charge is 0.250 e. The SMILES string of the molecule is COc1ccccc1[C@H]1C[C@H](c2ccc(Cl)cc2)Nc2nc(NC(=O)C(C)C)nn21. The van der Waals surface area contributed by atoms with Crippen molar-refractivity contribution in [3.8, 4) is 5.75 Å². The summed E-state index contributed by atoms with van der Waals surface area (Å²) in [6.45, 7) is 3.66. The van der Waals surface area contributed by atoms with E-state index in [1.54, 1.807) is 7.11 Å². The third-order valence-corrected chi connectivity index (χ3v) is 5.47. The Labute approximate surface area is 180 Å². The van der Waals surface area contributed by atoms with Crippen molar-refractivity contribution >= 4 is 29.4 Å². The van der Waals surface area contributed by atoms with E-state index in [1.165, 1.54) is 0 Å². The first-order valence-electron chi connectivity index (χ1n) is 9.88. The fourth-order valence-electron chi connectivity index (χ4n) is 3.60. The quantitative estimate of drug-likeness (QED) is 0.620. The molecule has 7 nitrogen and oxygen atoms in total. The zero-order valence-electron chi connectivity index (χ0n) is 17.1. The fraction of sp³-hybridized carbons (Fsp3) is 0.318. The van der Waals surface area contributed by atoms with E-state index in [1.807, 2.05) is 67.1 Å². The van der Waals surface area contributed by atoms with E-state index in [4.69, 9.17) is 16.3 Å². The third kappa shape index (κ3) is 3.98. The standard InChI is InChI=1S/C22H24ClN5O2/c1-13(2)20(29)25-21-26-22-24-17(14-8-10-15(23)11-9-14)12-18(28(22)27-21)16-6-4-5-7-19(16)30-3/h4-11,13,17-18H,12H2,1-3H3,(H2,24,25,26,27,29)/t17-,18-/m1/s1. The maximum absolute atomic E-state index is 12.1. The number of hydrogen-bond acceptors (Lipinski definition) is 5. The molecule has 1 aromatic heterocycles. The Morgan fingerprint density at radius 3 is 2.67 bits per heavy atom. The monoisotopic (exact) mass is 425 g/mol. The van der Waals surface area contributed by atoms with Gasteiger partial charge in [-0.15, -0.1) is 5.10 Å². The van der Waals surface area contributed by atoms with Crippen LogP contribution >= 0.6 is 11.6 Å². The van der Waals surface area contributed by atoms with Crippen molar-refractivity contribution < 1.29 is 9.53 Å². The Morgan fingerprint density at radius 2 is 1.97 bits per heavy atom. The van der Waals surface area contributed by atoms with Crippen molar-refractivity contribution in [2.45, 2.75) is 32.4 Å². The lowest BCUT2D eigenvalue weighted by Gasteiger charge is -2.32. The molecule has 2 heterocycles. The molecule has 8 heteroatoms. The van der Waals surface area contributed by atoms with Gasteiger partial charge >= 0.3 is 0 Å². The average molecular weight is 426 g/mol. The molecular formula is C22H24ClN5O2. The zero-order valence-corrected chi connectivity index (χ0v) is 17.8. The van der Waals surface area contributed by atoms with Gasteiger partial charge in [0.1, 0.15) is 5.75 Å². The van der Waals surface area contributed by atoms with Crippen LogP contribution in [-0.2, 0) is 4.79 Å². The molecule has 4 rings (SSSR count). The molecule has 30 heavy (non-hydrogen) atoms. The Kier molecular flexibility index (Phi) is 5.63. The number of benzene rings is 2.